The lowest BCUT2D eigenvalue weighted by molar-refractivity contribution is -0.0322. The van der Waals surface area contributed by atoms with Gasteiger partial charge in [-0.05, 0) is 47.3 Å². The number of nitrogens with two attached hydrogens (primary N) is 1. The summed E-state index contributed by atoms with van der Waals surface area (Å²) in [7, 11) is 0. The Balaban J connectivity index is 2.16. The summed E-state index contributed by atoms with van der Waals surface area (Å²) in [6.07, 6.45) is 5.59. The lowest BCUT2D eigenvalue weighted by atomic mass is 9.83. The van der Waals surface area contributed by atoms with Crippen LogP contribution in [0.4, 0.5) is 0 Å². The molecule has 21 heavy (non-hydrogen) atoms. The number of aromatic nitrogens is 1. The van der Waals surface area contributed by atoms with Crippen LogP contribution in [0, 0.1) is 0 Å². The van der Waals surface area contributed by atoms with E-state index < -0.39 is 0 Å². The highest BCUT2D eigenvalue weighted by Crippen LogP contribution is 2.27. The molecule has 3 N–H and O–H groups in total. The second-order valence-electron chi connectivity index (χ2n) is 5.74. The Labute approximate surface area is 135 Å². The number of hydrazine groups is 1. The lowest BCUT2D eigenvalue weighted by Gasteiger charge is -2.47. The number of hydrogen-bond acceptors (Lipinski definition) is 5. The van der Waals surface area contributed by atoms with Crippen LogP contribution < -0.4 is 11.3 Å². The Bertz CT molecular complexity index is 453. The molecule has 0 amide bonds. The van der Waals surface area contributed by atoms with Crippen molar-refractivity contribution in [3.05, 3.63) is 28.5 Å². The molecule has 0 aromatic carbocycles. The van der Waals surface area contributed by atoms with Crippen molar-refractivity contribution in [2.75, 3.05) is 26.3 Å². The molecule has 1 saturated heterocycles. The molecule has 1 fully saturated rings. The molecule has 2 rings (SSSR count). The van der Waals surface area contributed by atoms with Gasteiger partial charge in [0, 0.05) is 41.5 Å². The van der Waals surface area contributed by atoms with E-state index in [4.69, 9.17) is 10.6 Å². The Hall–Kier alpha value is -0.530. The molecule has 1 aliphatic heterocycles. The van der Waals surface area contributed by atoms with Gasteiger partial charge in [0.05, 0.1) is 13.2 Å². The Morgan fingerprint density at radius 3 is 2.76 bits per heavy atom. The number of ether oxygens (including phenoxy) is 1. The second kappa shape index (κ2) is 7.65. The van der Waals surface area contributed by atoms with Crippen LogP contribution in [0.5, 0.6) is 0 Å². The van der Waals surface area contributed by atoms with E-state index >= 15 is 0 Å². The van der Waals surface area contributed by atoms with Gasteiger partial charge in [-0.25, -0.2) is 0 Å². The van der Waals surface area contributed by atoms with Gasteiger partial charge in [-0.2, -0.15) is 0 Å². The first-order valence-corrected chi connectivity index (χ1v) is 8.27. The fraction of sp³-hybridized carbons (Fsp3) is 0.667. The number of nitrogens with zero attached hydrogens (tertiary/aromatic N) is 2. The predicted molar refractivity (Wildman–Crippen MR) is 87.8 cm³/mol. The van der Waals surface area contributed by atoms with Crippen LogP contribution in [0.3, 0.4) is 0 Å². The summed E-state index contributed by atoms with van der Waals surface area (Å²) in [5.74, 6) is 5.89. The average Bonchev–Trinajstić information content (AvgIpc) is 2.53. The predicted octanol–water partition coefficient (Wildman–Crippen LogP) is 1.72. The van der Waals surface area contributed by atoms with E-state index in [-0.39, 0.29) is 11.6 Å². The fourth-order valence-corrected chi connectivity index (χ4v) is 3.44. The molecule has 2 atom stereocenters. The largest absolute Gasteiger partial charge is 0.379 e. The molecule has 2 heterocycles. The Kier molecular flexibility index (Phi) is 6.13. The smallest absolute Gasteiger partial charge is 0.0594 e. The van der Waals surface area contributed by atoms with Crippen LogP contribution in [0.25, 0.3) is 0 Å². The molecule has 118 valence electrons. The monoisotopic (exact) mass is 356 g/mol. The molecule has 1 aromatic rings. The topological polar surface area (TPSA) is 63.4 Å². The third kappa shape index (κ3) is 4.02. The average molecular weight is 357 g/mol. The number of nitrogens with one attached hydrogen (secondary N) is 1. The van der Waals surface area contributed by atoms with Crippen molar-refractivity contribution in [3.8, 4) is 0 Å². The highest BCUT2D eigenvalue weighted by atomic mass is 79.9. The molecular weight excluding hydrogens is 332 g/mol. The molecule has 0 saturated carbocycles. The van der Waals surface area contributed by atoms with Crippen molar-refractivity contribution in [1.82, 2.24) is 15.3 Å². The highest BCUT2D eigenvalue weighted by Gasteiger charge is 2.38. The van der Waals surface area contributed by atoms with Crippen LogP contribution in [-0.4, -0.2) is 47.8 Å². The Morgan fingerprint density at radius 1 is 1.48 bits per heavy atom. The fourth-order valence-electron chi connectivity index (χ4n) is 3.03. The minimum absolute atomic E-state index is 0.000841. The summed E-state index contributed by atoms with van der Waals surface area (Å²) in [5, 5.41) is 0. The summed E-state index contributed by atoms with van der Waals surface area (Å²) in [6.45, 7) is 8.02. The number of hydrogen-bond donors (Lipinski definition) is 2. The van der Waals surface area contributed by atoms with E-state index in [0.29, 0.717) is 0 Å². The molecular formula is C15H25BrN4O. The zero-order chi connectivity index (χ0) is 15.3. The van der Waals surface area contributed by atoms with Crippen molar-refractivity contribution in [3.63, 3.8) is 0 Å². The molecule has 5 nitrogen and oxygen atoms in total. The molecule has 0 aliphatic carbocycles. The molecule has 1 aromatic heterocycles. The molecule has 0 spiro atoms. The van der Waals surface area contributed by atoms with E-state index in [0.717, 1.165) is 43.6 Å². The van der Waals surface area contributed by atoms with Crippen molar-refractivity contribution in [1.29, 1.82) is 0 Å². The first kappa shape index (κ1) is 16.8. The maximum Gasteiger partial charge on any atom is 0.0594 e. The van der Waals surface area contributed by atoms with Gasteiger partial charge >= 0.3 is 0 Å². The van der Waals surface area contributed by atoms with Gasteiger partial charge in [0.15, 0.2) is 0 Å². The van der Waals surface area contributed by atoms with Crippen LogP contribution in [-0.2, 0) is 11.2 Å². The standard InChI is InChI=1S/C15H25BrN4O/c1-3-15(2,20-4-6-21-7-5-20)14(19-17)9-12-8-13(16)11-18-10-12/h8,10-11,14,19H,3-7,9,17H2,1-2H3. The first-order chi connectivity index (χ1) is 10.1. The summed E-state index contributed by atoms with van der Waals surface area (Å²) in [5.41, 5.74) is 4.21. The SMILES string of the molecule is CCC(C)(C(Cc1cncc(Br)c1)NN)N1CCOCC1. The van der Waals surface area contributed by atoms with E-state index in [2.05, 4.69) is 51.2 Å². The third-order valence-corrected chi connectivity index (χ3v) is 5.04. The van der Waals surface area contributed by atoms with Crippen LogP contribution >= 0.6 is 15.9 Å². The molecule has 6 heteroatoms. The van der Waals surface area contributed by atoms with Crippen molar-refractivity contribution >= 4 is 15.9 Å². The number of rotatable bonds is 6. The maximum absolute atomic E-state index is 5.89. The van der Waals surface area contributed by atoms with Crippen molar-refractivity contribution in [2.24, 2.45) is 5.84 Å². The molecule has 0 bridgehead atoms. The highest BCUT2D eigenvalue weighted by molar-refractivity contribution is 9.10. The van der Waals surface area contributed by atoms with Crippen LogP contribution in [0.2, 0.25) is 0 Å². The van der Waals surface area contributed by atoms with Gasteiger partial charge in [0.25, 0.3) is 0 Å². The van der Waals surface area contributed by atoms with Gasteiger partial charge in [0.2, 0.25) is 0 Å². The van der Waals surface area contributed by atoms with Gasteiger partial charge in [-0.3, -0.25) is 21.2 Å². The second-order valence-corrected chi connectivity index (χ2v) is 6.66. The quantitative estimate of drug-likeness (QED) is 0.600. The third-order valence-electron chi connectivity index (χ3n) is 4.60. The van der Waals surface area contributed by atoms with Crippen molar-refractivity contribution in [2.45, 2.75) is 38.3 Å². The van der Waals surface area contributed by atoms with E-state index in [9.17, 15) is 0 Å². The van der Waals surface area contributed by atoms with Crippen molar-refractivity contribution < 1.29 is 4.74 Å². The number of halogens is 1. The minimum Gasteiger partial charge on any atom is -0.379 e. The maximum atomic E-state index is 5.89. The summed E-state index contributed by atoms with van der Waals surface area (Å²) < 4.78 is 6.48. The van der Waals surface area contributed by atoms with E-state index in [1.807, 2.05) is 6.20 Å². The summed E-state index contributed by atoms with van der Waals surface area (Å²) >= 11 is 3.48. The molecule has 0 radical (unpaired) electrons. The Morgan fingerprint density at radius 2 is 2.19 bits per heavy atom. The molecule has 2 unspecified atom stereocenters. The normalized spacial score (nSPS) is 21.0. The van der Waals surface area contributed by atoms with Crippen LogP contribution in [0.15, 0.2) is 22.9 Å². The van der Waals surface area contributed by atoms with Gasteiger partial charge in [-0.15, -0.1) is 0 Å². The van der Waals surface area contributed by atoms with Crippen LogP contribution in [0.1, 0.15) is 25.8 Å². The number of pyridine rings is 1. The minimum atomic E-state index is 0.000841. The first-order valence-electron chi connectivity index (χ1n) is 7.48. The zero-order valence-corrected chi connectivity index (χ0v) is 14.4. The summed E-state index contributed by atoms with van der Waals surface area (Å²) in [6, 6.07) is 2.27. The van der Waals surface area contributed by atoms with E-state index in [1.165, 1.54) is 5.56 Å². The number of morpholine rings is 1. The molecule has 1 aliphatic rings. The van der Waals surface area contributed by atoms with E-state index in [1.54, 1.807) is 6.20 Å². The van der Waals surface area contributed by atoms with Gasteiger partial charge in [-0.1, -0.05) is 6.92 Å². The van der Waals surface area contributed by atoms with Gasteiger partial charge in [0.1, 0.15) is 0 Å². The van der Waals surface area contributed by atoms with Gasteiger partial charge < -0.3 is 4.74 Å². The zero-order valence-electron chi connectivity index (χ0n) is 12.8. The lowest BCUT2D eigenvalue weighted by Crippen LogP contribution is -2.63. The summed E-state index contributed by atoms with van der Waals surface area (Å²) in [4.78, 5) is 6.74.